The van der Waals surface area contributed by atoms with Crippen molar-refractivity contribution in [2.75, 3.05) is 20.3 Å². The van der Waals surface area contributed by atoms with Gasteiger partial charge in [0.05, 0.1) is 37.4 Å². The van der Waals surface area contributed by atoms with Gasteiger partial charge in [0.15, 0.2) is 11.5 Å². The number of carbonyl (C=O) groups excluding carboxylic acids is 3. The molecular formula is C22H26INO7. The lowest BCUT2D eigenvalue weighted by atomic mass is 9.80. The van der Waals surface area contributed by atoms with Gasteiger partial charge >= 0.3 is 17.9 Å². The SMILES string of the molecule is CCOC(=O)C1=C(C)NC(C)=C(C(=O)OCC)C1c1cc(OC)c(OC(C)=O)cc1I. The summed E-state index contributed by atoms with van der Waals surface area (Å²) in [5.41, 5.74) is 2.38. The second-order valence-electron chi connectivity index (χ2n) is 6.69. The van der Waals surface area contributed by atoms with E-state index < -0.39 is 23.8 Å². The molecule has 1 aliphatic rings. The lowest BCUT2D eigenvalue weighted by molar-refractivity contribution is -0.139. The Hall–Kier alpha value is -2.56. The lowest BCUT2D eigenvalue weighted by Gasteiger charge is -2.31. The van der Waals surface area contributed by atoms with E-state index in [0.717, 1.165) is 0 Å². The van der Waals surface area contributed by atoms with Gasteiger partial charge in [-0.25, -0.2) is 9.59 Å². The molecule has 1 N–H and O–H groups in total. The van der Waals surface area contributed by atoms with Crippen LogP contribution >= 0.6 is 22.6 Å². The van der Waals surface area contributed by atoms with Crippen LogP contribution in [0.4, 0.5) is 0 Å². The number of halogens is 1. The van der Waals surface area contributed by atoms with Gasteiger partial charge in [0.1, 0.15) is 0 Å². The number of rotatable bonds is 7. The Kier molecular flexibility index (Phi) is 8.49. The fourth-order valence-corrected chi connectivity index (χ4v) is 4.18. The van der Waals surface area contributed by atoms with Crippen LogP contribution in [0.1, 0.15) is 46.1 Å². The molecule has 0 aliphatic carbocycles. The molecule has 0 bridgehead atoms. The van der Waals surface area contributed by atoms with E-state index in [4.69, 9.17) is 18.9 Å². The molecule has 1 aromatic rings. The third-order valence-corrected chi connectivity index (χ3v) is 5.53. The van der Waals surface area contributed by atoms with Crippen molar-refractivity contribution < 1.29 is 33.3 Å². The van der Waals surface area contributed by atoms with Gasteiger partial charge in [-0.15, -0.1) is 0 Å². The minimum Gasteiger partial charge on any atom is -0.493 e. The monoisotopic (exact) mass is 543 g/mol. The number of hydrogen-bond donors (Lipinski definition) is 1. The van der Waals surface area contributed by atoms with Crippen LogP contribution < -0.4 is 14.8 Å². The van der Waals surface area contributed by atoms with E-state index in [1.807, 2.05) is 0 Å². The van der Waals surface area contributed by atoms with Crippen LogP contribution in [0.2, 0.25) is 0 Å². The maximum atomic E-state index is 12.9. The van der Waals surface area contributed by atoms with Gasteiger partial charge in [0, 0.05) is 21.9 Å². The molecule has 0 amide bonds. The smallest absolute Gasteiger partial charge is 0.336 e. The number of methoxy groups -OCH3 is 1. The highest BCUT2D eigenvalue weighted by Gasteiger charge is 2.39. The summed E-state index contributed by atoms with van der Waals surface area (Å²) in [7, 11) is 1.45. The second kappa shape index (κ2) is 10.7. The van der Waals surface area contributed by atoms with E-state index in [-0.39, 0.29) is 19.0 Å². The molecule has 0 atom stereocenters. The molecule has 1 aliphatic heterocycles. The van der Waals surface area contributed by atoms with Gasteiger partial charge in [0.2, 0.25) is 0 Å². The van der Waals surface area contributed by atoms with Crippen molar-refractivity contribution in [1.82, 2.24) is 5.32 Å². The molecule has 168 valence electrons. The molecule has 0 saturated heterocycles. The van der Waals surface area contributed by atoms with Crippen molar-refractivity contribution in [1.29, 1.82) is 0 Å². The van der Waals surface area contributed by atoms with Crippen molar-refractivity contribution >= 4 is 40.5 Å². The summed E-state index contributed by atoms with van der Waals surface area (Å²) in [6, 6.07) is 3.30. The van der Waals surface area contributed by atoms with E-state index in [0.29, 0.717) is 37.4 Å². The number of nitrogens with one attached hydrogen (secondary N) is 1. The molecule has 9 heteroatoms. The standard InChI is InChI=1S/C22H26INO7/c1-7-29-21(26)18-11(3)24-12(4)19(22(27)30-8-2)20(18)14-9-16(28-6)17(10-15(14)23)31-13(5)25/h9-10,20,24H,7-8H2,1-6H3. The Bertz CT molecular complexity index is 925. The van der Waals surface area contributed by atoms with Crippen LogP contribution in [-0.2, 0) is 23.9 Å². The second-order valence-corrected chi connectivity index (χ2v) is 7.86. The number of esters is 3. The van der Waals surface area contributed by atoms with Crippen LogP contribution in [0.5, 0.6) is 11.5 Å². The van der Waals surface area contributed by atoms with Crippen LogP contribution in [0.25, 0.3) is 0 Å². The van der Waals surface area contributed by atoms with Gasteiger partial charge in [-0.05, 0) is 68.0 Å². The number of allylic oxidation sites excluding steroid dienone is 2. The van der Waals surface area contributed by atoms with Crippen LogP contribution in [0, 0.1) is 3.57 Å². The number of dihydropyridines is 1. The summed E-state index contributed by atoms with van der Waals surface area (Å²) >= 11 is 2.08. The molecule has 0 aromatic heterocycles. The van der Waals surface area contributed by atoms with Crippen LogP contribution in [0.3, 0.4) is 0 Å². The zero-order valence-electron chi connectivity index (χ0n) is 18.4. The predicted molar refractivity (Wildman–Crippen MR) is 122 cm³/mol. The van der Waals surface area contributed by atoms with Crippen molar-refractivity contribution in [3.63, 3.8) is 0 Å². The lowest BCUT2D eigenvalue weighted by Crippen LogP contribution is -2.33. The van der Waals surface area contributed by atoms with Crippen molar-refractivity contribution in [2.24, 2.45) is 0 Å². The maximum Gasteiger partial charge on any atom is 0.336 e. The largest absolute Gasteiger partial charge is 0.493 e. The minimum atomic E-state index is -0.758. The van der Waals surface area contributed by atoms with Crippen LogP contribution in [-0.4, -0.2) is 38.2 Å². The summed E-state index contributed by atoms with van der Waals surface area (Å²) in [4.78, 5) is 37.3. The summed E-state index contributed by atoms with van der Waals surface area (Å²) in [5.74, 6) is -1.78. The molecule has 0 saturated carbocycles. The quantitative estimate of drug-likeness (QED) is 0.317. The highest BCUT2D eigenvalue weighted by Crippen LogP contribution is 2.44. The van der Waals surface area contributed by atoms with E-state index in [2.05, 4.69) is 27.9 Å². The molecule has 31 heavy (non-hydrogen) atoms. The zero-order valence-corrected chi connectivity index (χ0v) is 20.5. The third kappa shape index (κ3) is 5.38. The summed E-state index contributed by atoms with van der Waals surface area (Å²) in [6.45, 7) is 8.60. The molecule has 1 heterocycles. The summed E-state index contributed by atoms with van der Waals surface area (Å²) < 4.78 is 21.9. The Morgan fingerprint density at radius 1 is 0.968 bits per heavy atom. The average molecular weight is 543 g/mol. The van der Waals surface area contributed by atoms with Crippen molar-refractivity contribution in [3.8, 4) is 11.5 Å². The van der Waals surface area contributed by atoms with Gasteiger partial charge < -0.3 is 24.3 Å². The van der Waals surface area contributed by atoms with E-state index >= 15 is 0 Å². The highest BCUT2D eigenvalue weighted by molar-refractivity contribution is 14.1. The Balaban J connectivity index is 2.77. The van der Waals surface area contributed by atoms with Gasteiger partial charge in [-0.3, -0.25) is 4.79 Å². The number of benzene rings is 1. The first-order chi connectivity index (χ1) is 14.7. The van der Waals surface area contributed by atoms with Gasteiger partial charge in [-0.1, -0.05) is 0 Å². The fourth-order valence-electron chi connectivity index (χ4n) is 3.43. The van der Waals surface area contributed by atoms with Gasteiger partial charge in [0.25, 0.3) is 0 Å². The summed E-state index contributed by atoms with van der Waals surface area (Å²) in [6.07, 6.45) is 0. The molecule has 0 spiro atoms. The molecule has 2 rings (SSSR count). The minimum absolute atomic E-state index is 0.186. The topological polar surface area (TPSA) is 100 Å². The fraction of sp³-hybridized carbons (Fsp3) is 0.409. The van der Waals surface area contributed by atoms with E-state index in [1.165, 1.54) is 14.0 Å². The molecule has 0 fully saturated rings. The van der Waals surface area contributed by atoms with Crippen molar-refractivity contribution in [2.45, 2.75) is 40.5 Å². The number of carbonyl (C=O) groups is 3. The highest BCUT2D eigenvalue weighted by atomic mass is 127. The van der Waals surface area contributed by atoms with Crippen molar-refractivity contribution in [3.05, 3.63) is 43.8 Å². The number of ether oxygens (including phenoxy) is 4. The normalized spacial score (nSPS) is 14.2. The zero-order chi connectivity index (χ0) is 23.3. The average Bonchev–Trinajstić information content (AvgIpc) is 2.67. The predicted octanol–water partition coefficient (Wildman–Crippen LogP) is 3.59. The van der Waals surface area contributed by atoms with Gasteiger partial charge in [-0.2, -0.15) is 0 Å². The Labute approximate surface area is 195 Å². The third-order valence-electron chi connectivity index (χ3n) is 4.60. The molecular weight excluding hydrogens is 517 g/mol. The molecule has 1 aromatic carbocycles. The van der Waals surface area contributed by atoms with Crippen LogP contribution in [0.15, 0.2) is 34.7 Å². The van der Waals surface area contributed by atoms with E-state index in [1.54, 1.807) is 39.8 Å². The molecule has 8 nitrogen and oxygen atoms in total. The first-order valence-corrected chi connectivity index (χ1v) is 10.8. The molecule has 0 unspecified atom stereocenters. The Morgan fingerprint density at radius 3 is 1.90 bits per heavy atom. The first-order valence-electron chi connectivity index (χ1n) is 9.74. The first kappa shape index (κ1) is 24.7. The van der Waals surface area contributed by atoms with E-state index in [9.17, 15) is 14.4 Å². The maximum absolute atomic E-state index is 12.9. The number of hydrogen-bond acceptors (Lipinski definition) is 8. The molecule has 0 radical (unpaired) electrons. The summed E-state index contributed by atoms with van der Waals surface area (Å²) in [5, 5.41) is 3.10. The Morgan fingerprint density at radius 2 is 1.48 bits per heavy atom.